The Bertz CT molecular complexity index is 879. The Morgan fingerprint density at radius 2 is 1.96 bits per heavy atom. The molecule has 1 amide bonds. The fourth-order valence-electron chi connectivity index (χ4n) is 1.80. The molecule has 0 aliphatic heterocycles. The zero-order valence-electron chi connectivity index (χ0n) is 11.7. The van der Waals surface area contributed by atoms with Crippen LogP contribution in [-0.4, -0.2) is 19.4 Å². The number of rotatable bonds is 4. The van der Waals surface area contributed by atoms with Crippen LogP contribution >= 0.6 is 11.6 Å². The molecule has 0 heterocycles. The van der Waals surface area contributed by atoms with E-state index in [2.05, 4.69) is 5.32 Å². The minimum Gasteiger partial charge on any atom is -0.507 e. The summed E-state index contributed by atoms with van der Waals surface area (Å²) in [6.07, 6.45) is 2.67. The summed E-state index contributed by atoms with van der Waals surface area (Å²) < 4.78 is 22.4. The summed E-state index contributed by atoms with van der Waals surface area (Å²) in [6, 6.07) is 10.4. The van der Waals surface area contributed by atoms with Crippen molar-refractivity contribution in [3.63, 3.8) is 0 Å². The second kappa shape index (κ2) is 6.82. The first-order chi connectivity index (χ1) is 10.8. The summed E-state index contributed by atoms with van der Waals surface area (Å²) in [5, 5.41) is 17.7. The topological polar surface area (TPSA) is 109 Å². The number of aromatic hydroxyl groups is 1. The van der Waals surface area contributed by atoms with E-state index in [0.717, 1.165) is 0 Å². The van der Waals surface area contributed by atoms with Crippen molar-refractivity contribution in [2.45, 2.75) is 4.90 Å². The number of primary sulfonamides is 1. The molecule has 2 rings (SSSR count). The highest BCUT2D eigenvalue weighted by molar-refractivity contribution is 7.89. The van der Waals surface area contributed by atoms with E-state index in [1.54, 1.807) is 24.3 Å². The number of nitrogens with one attached hydrogen (secondary N) is 1. The minimum atomic E-state index is -3.99. The number of hydrogen-bond donors (Lipinski definition) is 3. The number of benzene rings is 2. The van der Waals surface area contributed by atoms with Crippen LogP contribution in [0.25, 0.3) is 6.08 Å². The molecule has 2 aromatic rings. The van der Waals surface area contributed by atoms with Gasteiger partial charge < -0.3 is 10.4 Å². The predicted octanol–water partition coefficient (Wildman–Crippen LogP) is 2.34. The number of sulfonamides is 1. The minimum absolute atomic E-state index is 0.377. The fourth-order valence-corrected chi connectivity index (χ4v) is 2.60. The van der Waals surface area contributed by atoms with Gasteiger partial charge in [-0.05, 0) is 42.0 Å². The molecule has 8 heteroatoms. The largest absolute Gasteiger partial charge is 0.507 e. The van der Waals surface area contributed by atoms with Crippen LogP contribution in [0.2, 0.25) is 5.02 Å². The molecule has 120 valence electrons. The zero-order chi connectivity index (χ0) is 17.0. The highest BCUT2D eigenvalue weighted by Crippen LogP contribution is 2.23. The maximum atomic E-state index is 11.8. The Kier molecular flexibility index (Phi) is 5.05. The third-order valence-corrected chi connectivity index (χ3v) is 4.00. The molecule has 0 aliphatic carbocycles. The molecule has 0 fully saturated rings. The second-order valence-corrected chi connectivity index (χ2v) is 6.57. The third-order valence-electron chi connectivity index (χ3n) is 2.81. The fraction of sp³-hybridized carbons (Fsp3) is 0. The van der Waals surface area contributed by atoms with E-state index in [4.69, 9.17) is 16.7 Å². The molecule has 0 radical (unpaired) electrons. The maximum absolute atomic E-state index is 11.8. The molecule has 0 saturated heterocycles. The lowest BCUT2D eigenvalue weighted by Gasteiger charge is -2.04. The second-order valence-electron chi connectivity index (χ2n) is 4.61. The quantitative estimate of drug-likeness (QED) is 0.733. The summed E-state index contributed by atoms with van der Waals surface area (Å²) in [7, 11) is -3.99. The van der Waals surface area contributed by atoms with E-state index in [9.17, 15) is 18.3 Å². The van der Waals surface area contributed by atoms with Crippen molar-refractivity contribution in [2.24, 2.45) is 5.14 Å². The number of halogens is 1. The van der Waals surface area contributed by atoms with Gasteiger partial charge in [0.05, 0.1) is 0 Å². The lowest BCUT2D eigenvalue weighted by molar-refractivity contribution is -0.111. The van der Waals surface area contributed by atoms with Crippen LogP contribution in [0.3, 0.4) is 0 Å². The molecular weight excluding hydrogens is 340 g/mol. The van der Waals surface area contributed by atoms with Crippen LogP contribution < -0.4 is 10.5 Å². The maximum Gasteiger partial charge on any atom is 0.248 e. The molecule has 2 aromatic carbocycles. The molecule has 0 atom stereocenters. The molecule has 0 saturated carbocycles. The highest BCUT2D eigenvalue weighted by atomic mass is 35.5. The zero-order valence-corrected chi connectivity index (χ0v) is 13.3. The van der Waals surface area contributed by atoms with Crippen molar-refractivity contribution in [3.05, 3.63) is 59.1 Å². The number of phenolic OH excluding ortho intramolecular Hbond substituents is 1. The summed E-state index contributed by atoms with van der Waals surface area (Å²) in [6.45, 7) is 0. The molecule has 23 heavy (non-hydrogen) atoms. The SMILES string of the molecule is NS(=O)(=O)c1ccc(C=CC(=O)Nc2cccc(Cl)c2)cc1O. The van der Waals surface area contributed by atoms with Crippen molar-refractivity contribution in [1.29, 1.82) is 0 Å². The smallest absolute Gasteiger partial charge is 0.248 e. The number of amides is 1. The van der Waals surface area contributed by atoms with E-state index in [1.165, 1.54) is 30.4 Å². The molecule has 0 aliphatic rings. The Hall–Kier alpha value is -2.35. The van der Waals surface area contributed by atoms with Crippen LogP contribution in [-0.2, 0) is 14.8 Å². The van der Waals surface area contributed by atoms with Gasteiger partial charge in [0, 0.05) is 16.8 Å². The van der Waals surface area contributed by atoms with E-state index >= 15 is 0 Å². The van der Waals surface area contributed by atoms with Gasteiger partial charge in [0.25, 0.3) is 0 Å². The number of carbonyl (C=O) groups excluding carboxylic acids is 1. The Labute approximate surface area is 138 Å². The number of anilines is 1. The van der Waals surface area contributed by atoms with Gasteiger partial charge in [-0.2, -0.15) is 0 Å². The molecule has 6 nitrogen and oxygen atoms in total. The Morgan fingerprint density at radius 3 is 2.57 bits per heavy atom. The van der Waals surface area contributed by atoms with Gasteiger partial charge in [0.2, 0.25) is 15.9 Å². The van der Waals surface area contributed by atoms with Gasteiger partial charge in [-0.1, -0.05) is 23.7 Å². The molecule has 4 N–H and O–H groups in total. The Morgan fingerprint density at radius 1 is 1.22 bits per heavy atom. The molecule has 0 bridgehead atoms. The summed E-state index contributed by atoms with van der Waals surface area (Å²) in [5.74, 6) is -0.882. The van der Waals surface area contributed by atoms with Crippen molar-refractivity contribution < 1.29 is 18.3 Å². The van der Waals surface area contributed by atoms with Crippen LogP contribution in [0.5, 0.6) is 5.75 Å². The standard InChI is InChI=1S/C15H13ClN2O4S/c16-11-2-1-3-12(9-11)18-15(20)7-5-10-4-6-14(13(19)8-10)23(17,21)22/h1-9,19H,(H,18,20)(H2,17,21,22). The van der Waals surface area contributed by atoms with Crippen LogP contribution in [0.15, 0.2) is 53.4 Å². The van der Waals surface area contributed by atoms with Crippen molar-refractivity contribution in [3.8, 4) is 5.75 Å². The number of hydrogen-bond acceptors (Lipinski definition) is 4. The van der Waals surface area contributed by atoms with Crippen LogP contribution in [0.4, 0.5) is 5.69 Å². The average Bonchev–Trinajstić information content (AvgIpc) is 2.44. The van der Waals surface area contributed by atoms with E-state index in [-0.39, 0.29) is 4.90 Å². The van der Waals surface area contributed by atoms with E-state index in [1.807, 2.05) is 0 Å². The first-order valence-electron chi connectivity index (χ1n) is 6.36. The van der Waals surface area contributed by atoms with Gasteiger partial charge in [-0.15, -0.1) is 0 Å². The predicted molar refractivity (Wildman–Crippen MR) is 88.6 cm³/mol. The van der Waals surface area contributed by atoms with E-state index < -0.39 is 21.7 Å². The lowest BCUT2D eigenvalue weighted by Crippen LogP contribution is -2.12. The van der Waals surface area contributed by atoms with Crippen molar-refractivity contribution >= 4 is 39.3 Å². The number of phenols is 1. The van der Waals surface area contributed by atoms with E-state index in [0.29, 0.717) is 16.3 Å². The number of carbonyl (C=O) groups is 1. The van der Waals surface area contributed by atoms with Gasteiger partial charge in [-0.3, -0.25) is 4.79 Å². The molecular formula is C15H13ClN2O4S. The van der Waals surface area contributed by atoms with Gasteiger partial charge in [0.15, 0.2) is 0 Å². The van der Waals surface area contributed by atoms with Crippen molar-refractivity contribution in [1.82, 2.24) is 0 Å². The summed E-state index contributed by atoms with van der Waals surface area (Å²) >= 11 is 5.81. The molecule has 0 unspecified atom stereocenters. The summed E-state index contributed by atoms with van der Waals surface area (Å²) in [4.78, 5) is 11.4. The first-order valence-corrected chi connectivity index (χ1v) is 8.28. The van der Waals surface area contributed by atoms with Crippen molar-refractivity contribution in [2.75, 3.05) is 5.32 Å². The van der Waals surface area contributed by atoms with Gasteiger partial charge >= 0.3 is 0 Å². The third kappa shape index (κ3) is 4.82. The highest BCUT2D eigenvalue weighted by Gasteiger charge is 2.13. The monoisotopic (exact) mass is 352 g/mol. The lowest BCUT2D eigenvalue weighted by atomic mass is 10.2. The van der Waals surface area contributed by atoms with Crippen LogP contribution in [0, 0.1) is 0 Å². The molecule has 0 spiro atoms. The normalized spacial score (nSPS) is 11.6. The number of nitrogens with two attached hydrogens (primary N) is 1. The first kappa shape index (κ1) is 17.0. The summed E-state index contributed by atoms with van der Waals surface area (Å²) in [5.41, 5.74) is 0.982. The van der Waals surface area contributed by atoms with Gasteiger partial charge in [0.1, 0.15) is 10.6 Å². The van der Waals surface area contributed by atoms with Gasteiger partial charge in [-0.25, -0.2) is 13.6 Å². The molecule has 0 aromatic heterocycles. The average molecular weight is 353 g/mol. The van der Waals surface area contributed by atoms with Crippen LogP contribution in [0.1, 0.15) is 5.56 Å². The Balaban J connectivity index is 2.11.